The second kappa shape index (κ2) is 7.31. The number of hydrogen-bond donors (Lipinski definition) is 2. The lowest BCUT2D eigenvalue weighted by molar-refractivity contribution is 0.0375. The van der Waals surface area contributed by atoms with Crippen molar-refractivity contribution >= 4 is 33.7 Å². The molecule has 3 N–H and O–H groups in total. The standard InChI is InChI=1S/C25H25N5O2/c26-25(32)18-11-24(28-19-6-2-1-5-17(18)19)29-12-15-9-22(23(31)10-16(15)13-29)30-14-27-20-7-3-4-8-21(20)30/h1-8,11,14-16,22-23,31H,9-10,12-13H2,(H2,26,32)/t15-,16+,22-,23-/m1/s1. The quantitative estimate of drug-likeness (QED) is 0.524. The molecule has 32 heavy (non-hydrogen) atoms. The van der Waals surface area contributed by atoms with Crippen LogP contribution in [-0.2, 0) is 0 Å². The molecule has 7 nitrogen and oxygen atoms in total. The molecule has 162 valence electrons. The maximum atomic E-state index is 12.1. The number of para-hydroxylation sites is 3. The van der Waals surface area contributed by atoms with E-state index in [0.29, 0.717) is 17.4 Å². The van der Waals surface area contributed by atoms with Crippen LogP contribution in [0.4, 0.5) is 5.82 Å². The number of fused-ring (bicyclic) bond motifs is 3. The van der Waals surface area contributed by atoms with Crippen molar-refractivity contribution < 1.29 is 9.90 Å². The average Bonchev–Trinajstić information content (AvgIpc) is 3.41. The predicted octanol–water partition coefficient (Wildman–Crippen LogP) is 3.13. The molecule has 0 unspecified atom stereocenters. The van der Waals surface area contributed by atoms with Gasteiger partial charge in [0.25, 0.3) is 0 Å². The Labute approximate surface area is 185 Å². The second-order valence-corrected chi connectivity index (χ2v) is 9.08. The highest BCUT2D eigenvalue weighted by Crippen LogP contribution is 2.43. The molecular weight excluding hydrogens is 402 g/mol. The zero-order chi connectivity index (χ0) is 21.8. The summed E-state index contributed by atoms with van der Waals surface area (Å²) in [6, 6.07) is 17.5. The summed E-state index contributed by atoms with van der Waals surface area (Å²) >= 11 is 0. The molecule has 0 radical (unpaired) electrons. The number of anilines is 1. The summed E-state index contributed by atoms with van der Waals surface area (Å²) in [6.45, 7) is 1.67. The third-order valence-electron chi connectivity index (χ3n) is 7.24. The number of hydrogen-bond acceptors (Lipinski definition) is 5. The summed E-state index contributed by atoms with van der Waals surface area (Å²) in [5.41, 5.74) is 8.97. The fourth-order valence-electron chi connectivity index (χ4n) is 5.66. The number of amides is 1. The largest absolute Gasteiger partial charge is 0.391 e. The minimum Gasteiger partial charge on any atom is -0.391 e. The van der Waals surface area contributed by atoms with Gasteiger partial charge in [-0.25, -0.2) is 9.97 Å². The van der Waals surface area contributed by atoms with Crippen molar-refractivity contribution in [2.24, 2.45) is 17.6 Å². The van der Waals surface area contributed by atoms with Gasteiger partial charge in [0.05, 0.1) is 40.6 Å². The van der Waals surface area contributed by atoms with Crippen molar-refractivity contribution in [3.8, 4) is 0 Å². The van der Waals surface area contributed by atoms with Crippen LogP contribution in [0.1, 0.15) is 29.2 Å². The number of aliphatic hydroxyl groups is 1. The highest BCUT2D eigenvalue weighted by molar-refractivity contribution is 6.06. The summed E-state index contributed by atoms with van der Waals surface area (Å²) in [7, 11) is 0. The summed E-state index contributed by atoms with van der Waals surface area (Å²) in [6.07, 6.45) is 3.07. The Balaban J connectivity index is 1.30. The number of carbonyl (C=O) groups is 1. The number of aromatic nitrogens is 3. The van der Waals surface area contributed by atoms with Gasteiger partial charge in [-0.1, -0.05) is 30.3 Å². The van der Waals surface area contributed by atoms with E-state index >= 15 is 0 Å². The third-order valence-corrected chi connectivity index (χ3v) is 7.24. The van der Waals surface area contributed by atoms with Gasteiger partial charge in [0.2, 0.25) is 5.91 Å². The van der Waals surface area contributed by atoms with Gasteiger partial charge >= 0.3 is 0 Å². The SMILES string of the molecule is NC(=O)c1cc(N2C[C@H]3C[C@@H](n4cnc5ccccc54)[C@H](O)C[C@H]3C2)nc2ccccc12. The normalized spacial score (nSPS) is 25.3. The van der Waals surface area contributed by atoms with Crippen molar-refractivity contribution in [1.29, 1.82) is 0 Å². The van der Waals surface area contributed by atoms with Crippen LogP contribution in [0.5, 0.6) is 0 Å². The van der Waals surface area contributed by atoms with Gasteiger partial charge < -0.3 is 20.3 Å². The van der Waals surface area contributed by atoms with Crippen molar-refractivity contribution in [2.75, 3.05) is 18.0 Å². The topological polar surface area (TPSA) is 97.3 Å². The maximum Gasteiger partial charge on any atom is 0.249 e. The third kappa shape index (κ3) is 3.04. The molecule has 6 rings (SSSR count). The Morgan fingerprint density at radius 1 is 1.00 bits per heavy atom. The Kier molecular flexibility index (Phi) is 4.40. The minimum absolute atomic E-state index is 0.00865. The Bertz CT molecular complexity index is 1330. The fraction of sp³-hybridized carbons (Fsp3) is 0.320. The van der Waals surface area contributed by atoms with Gasteiger partial charge in [-0.15, -0.1) is 0 Å². The molecule has 1 saturated heterocycles. The number of nitrogens with zero attached hydrogens (tertiary/aromatic N) is 4. The first kappa shape index (κ1) is 19.3. The number of imidazole rings is 1. The molecule has 0 bridgehead atoms. The minimum atomic E-state index is -0.441. The monoisotopic (exact) mass is 427 g/mol. The van der Waals surface area contributed by atoms with Crippen LogP contribution in [0, 0.1) is 11.8 Å². The molecule has 2 fully saturated rings. The molecule has 4 atom stereocenters. The number of primary amides is 1. The van der Waals surface area contributed by atoms with Gasteiger partial charge in [0.1, 0.15) is 5.82 Å². The lowest BCUT2D eigenvalue weighted by atomic mass is 9.77. The van der Waals surface area contributed by atoms with Crippen LogP contribution < -0.4 is 10.6 Å². The van der Waals surface area contributed by atoms with Crippen LogP contribution in [0.3, 0.4) is 0 Å². The number of benzene rings is 2. The molecular formula is C25H25N5O2. The van der Waals surface area contributed by atoms with Crippen molar-refractivity contribution in [2.45, 2.75) is 25.0 Å². The Morgan fingerprint density at radius 2 is 1.72 bits per heavy atom. The Morgan fingerprint density at radius 3 is 2.53 bits per heavy atom. The summed E-state index contributed by atoms with van der Waals surface area (Å²) < 4.78 is 2.14. The molecule has 1 saturated carbocycles. The second-order valence-electron chi connectivity index (χ2n) is 9.08. The molecule has 7 heteroatoms. The first-order chi connectivity index (χ1) is 15.6. The molecule has 1 aliphatic heterocycles. The average molecular weight is 428 g/mol. The van der Waals surface area contributed by atoms with E-state index in [-0.39, 0.29) is 6.04 Å². The number of rotatable bonds is 3. The van der Waals surface area contributed by atoms with E-state index in [1.165, 1.54) is 0 Å². The molecule has 4 aromatic rings. The Hall–Kier alpha value is -3.45. The van der Waals surface area contributed by atoms with E-state index in [1.54, 1.807) is 0 Å². The zero-order valence-electron chi connectivity index (χ0n) is 17.6. The first-order valence-corrected chi connectivity index (χ1v) is 11.1. The van der Waals surface area contributed by atoms with Crippen LogP contribution in [0.2, 0.25) is 0 Å². The van der Waals surface area contributed by atoms with Crippen molar-refractivity contribution in [3.05, 3.63) is 66.5 Å². The van der Waals surface area contributed by atoms with E-state index < -0.39 is 12.0 Å². The van der Waals surface area contributed by atoms with E-state index in [4.69, 9.17) is 10.7 Å². The number of carbonyl (C=O) groups excluding carboxylic acids is 1. The molecule has 1 amide bonds. The van der Waals surface area contributed by atoms with E-state index in [1.807, 2.05) is 54.9 Å². The lowest BCUT2D eigenvalue weighted by Crippen LogP contribution is -2.36. The lowest BCUT2D eigenvalue weighted by Gasteiger charge is -2.36. The number of nitrogens with two attached hydrogens (primary N) is 1. The highest BCUT2D eigenvalue weighted by Gasteiger charge is 2.43. The molecule has 2 aromatic heterocycles. The molecule has 3 heterocycles. The van der Waals surface area contributed by atoms with Crippen LogP contribution >= 0.6 is 0 Å². The van der Waals surface area contributed by atoms with Crippen LogP contribution in [0.15, 0.2) is 60.9 Å². The van der Waals surface area contributed by atoms with Gasteiger partial charge in [-0.05, 0) is 48.9 Å². The first-order valence-electron chi connectivity index (χ1n) is 11.1. The molecule has 2 aromatic carbocycles. The van der Waals surface area contributed by atoms with Crippen molar-refractivity contribution in [3.63, 3.8) is 0 Å². The number of aliphatic hydroxyl groups excluding tert-OH is 1. The van der Waals surface area contributed by atoms with E-state index in [0.717, 1.165) is 53.7 Å². The summed E-state index contributed by atoms with van der Waals surface area (Å²) in [5, 5.41) is 11.8. The zero-order valence-corrected chi connectivity index (χ0v) is 17.6. The van der Waals surface area contributed by atoms with Gasteiger partial charge in [0, 0.05) is 18.5 Å². The van der Waals surface area contributed by atoms with E-state index in [9.17, 15) is 9.90 Å². The van der Waals surface area contributed by atoms with Gasteiger partial charge in [0.15, 0.2) is 0 Å². The summed E-state index contributed by atoms with van der Waals surface area (Å²) in [5.74, 6) is 1.17. The van der Waals surface area contributed by atoms with Gasteiger partial charge in [-0.2, -0.15) is 0 Å². The molecule has 1 aliphatic carbocycles. The van der Waals surface area contributed by atoms with Crippen molar-refractivity contribution in [1.82, 2.24) is 14.5 Å². The predicted molar refractivity (Wildman–Crippen MR) is 123 cm³/mol. The van der Waals surface area contributed by atoms with Gasteiger partial charge in [-0.3, -0.25) is 4.79 Å². The van der Waals surface area contributed by atoms with Crippen LogP contribution in [0.25, 0.3) is 21.9 Å². The summed E-state index contributed by atoms with van der Waals surface area (Å²) in [4.78, 5) is 23.7. The van der Waals surface area contributed by atoms with Crippen LogP contribution in [-0.4, -0.2) is 44.7 Å². The highest BCUT2D eigenvalue weighted by atomic mass is 16.3. The maximum absolute atomic E-state index is 12.1. The molecule has 0 spiro atoms. The molecule has 2 aliphatic rings. The van der Waals surface area contributed by atoms with E-state index in [2.05, 4.69) is 20.5 Å². The fourth-order valence-corrected chi connectivity index (χ4v) is 5.66. The smallest absolute Gasteiger partial charge is 0.249 e. The number of pyridine rings is 1.